The van der Waals surface area contributed by atoms with Crippen molar-refractivity contribution in [2.24, 2.45) is 11.8 Å². The minimum Gasteiger partial charge on any atom is -0.350 e. The molecular weight excluding hydrogens is 241 g/mol. The van der Waals surface area contributed by atoms with E-state index in [0.29, 0.717) is 11.8 Å². The van der Waals surface area contributed by atoms with E-state index in [1.807, 2.05) is 0 Å². The van der Waals surface area contributed by atoms with Gasteiger partial charge in [0.1, 0.15) is 5.79 Å². The van der Waals surface area contributed by atoms with E-state index >= 15 is 0 Å². The largest absolute Gasteiger partial charge is 3.00 e. The van der Waals surface area contributed by atoms with Gasteiger partial charge in [-0.2, -0.15) is 5.92 Å². The van der Waals surface area contributed by atoms with Crippen molar-refractivity contribution in [3.05, 3.63) is 6.42 Å². The van der Waals surface area contributed by atoms with Crippen molar-refractivity contribution in [2.75, 3.05) is 13.2 Å². The molecular formula is C10H17O2Y+2. The van der Waals surface area contributed by atoms with E-state index in [4.69, 9.17) is 9.47 Å². The molecule has 1 aliphatic carbocycles. The molecule has 1 saturated heterocycles. The zero-order valence-electron chi connectivity index (χ0n) is 8.45. The summed E-state index contributed by atoms with van der Waals surface area (Å²) in [6, 6.07) is 0. The van der Waals surface area contributed by atoms with Crippen LogP contribution in [0.1, 0.15) is 26.7 Å². The Morgan fingerprint density at radius 2 is 1.85 bits per heavy atom. The second kappa shape index (κ2) is 4.70. The van der Waals surface area contributed by atoms with Gasteiger partial charge in [0.2, 0.25) is 0 Å². The van der Waals surface area contributed by atoms with Gasteiger partial charge in [0, 0.05) is 0 Å². The van der Waals surface area contributed by atoms with Crippen LogP contribution in [0.3, 0.4) is 0 Å². The van der Waals surface area contributed by atoms with Gasteiger partial charge in [0.05, 0.1) is 13.2 Å². The predicted octanol–water partition coefficient (Wildman–Crippen LogP) is 2.00. The molecule has 2 unspecified atom stereocenters. The van der Waals surface area contributed by atoms with Crippen molar-refractivity contribution in [1.82, 2.24) is 0 Å². The van der Waals surface area contributed by atoms with Gasteiger partial charge in [-0.3, -0.25) is 0 Å². The topological polar surface area (TPSA) is 18.5 Å². The molecule has 0 amide bonds. The summed E-state index contributed by atoms with van der Waals surface area (Å²) in [7, 11) is 0. The Morgan fingerprint density at radius 1 is 1.23 bits per heavy atom. The van der Waals surface area contributed by atoms with Crippen molar-refractivity contribution in [2.45, 2.75) is 32.5 Å². The second-order valence-corrected chi connectivity index (χ2v) is 4.09. The van der Waals surface area contributed by atoms with Crippen LogP contribution in [0.25, 0.3) is 0 Å². The Kier molecular flexibility index (Phi) is 4.37. The first-order chi connectivity index (χ1) is 5.72. The molecule has 13 heavy (non-hydrogen) atoms. The van der Waals surface area contributed by atoms with Gasteiger partial charge >= 0.3 is 32.7 Å². The molecule has 2 rings (SSSR count). The normalized spacial score (nSPS) is 37.4. The maximum atomic E-state index is 5.65. The maximum absolute atomic E-state index is 5.65. The van der Waals surface area contributed by atoms with Crippen LogP contribution >= 0.6 is 0 Å². The summed E-state index contributed by atoms with van der Waals surface area (Å²) in [6.07, 6.45) is 4.36. The van der Waals surface area contributed by atoms with Crippen LogP contribution in [0.5, 0.6) is 0 Å². The molecule has 2 fully saturated rings. The molecule has 1 aliphatic heterocycles. The summed E-state index contributed by atoms with van der Waals surface area (Å²) in [6.45, 7) is 6.09. The minimum atomic E-state index is -0.230. The standard InChI is InChI=1S/C10H17O2.Y/c1-8-3-4-10(7-9(8)2)11-5-6-12-10;/h3,8-9H,4-7H2,1-2H3;/q-1;+3. The van der Waals surface area contributed by atoms with Crippen LogP contribution in [-0.2, 0) is 42.2 Å². The summed E-state index contributed by atoms with van der Waals surface area (Å²) in [5.74, 6) is 1.17. The summed E-state index contributed by atoms with van der Waals surface area (Å²) in [5.41, 5.74) is 0. The molecule has 2 nitrogen and oxygen atoms in total. The summed E-state index contributed by atoms with van der Waals surface area (Å²) < 4.78 is 11.3. The molecule has 0 aromatic rings. The van der Waals surface area contributed by atoms with Gasteiger partial charge in [-0.25, -0.2) is 0 Å². The molecule has 0 aromatic carbocycles. The zero-order valence-corrected chi connectivity index (χ0v) is 11.3. The Bertz CT molecular complexity index is 166. The van der Waals surface area contributed by atoms with Crippen molar-refractivity contribution in [1.29, 1.82) is 0 Å². The van der Waals surface area contributed by atoms with Crippen molar-refractivity contribution in [3.63, 3.8) is 0 Å². The molecule has 0 bridgehead atoms. The van der Waals surface area contributed by atoms with E-state index in [-0.39, 0.29) is 38.5 Å². The average Bonchev–Trinajstić information content (AvgIpc) is 2.47. The number of rotatable bonds is 0. The number of hydrogen-bond donors (Lipinski definition) is 0. The van der Waals surface area contributed by atoms with Gasteiger partial charge in [-0.1, -0.05) is 19.8 Å². The number of ether oxygens (including phenoxy) is 2. The summed E-state index contributed by atoms with van der Waals surface area (Å²) in [5, 5.41) is 0. The Hall–Kier alpha value is 1.02. The Morgan fingerprint density at radius 3 is 2.38 bits per heavy atom. The Balaban J connectivity index is 0.000000845. The third kappa shape index (κ3) is 2.53. The van der Waals surface area contributed by atoms with Crippen LogP contribution in [-0.4, -0.2) is 19.0 Å². The van der Waals surface area contributed by atoms with Crippen LogP contribution in [0.4, 0.5) is 0 Å². The summed E-state index contributed by atoms with van der Waals surface area (Å²) in [4.78, 5) is 0. The molecule has 1 heterocycles. The third-order valence-electron chi connectivity index (χ3n) is 3.14. The fourth-order valence-corrected chi connectivity index (χ4v) is 2.09. The van der Waals surface area contributed by atoms with Crippen molar-refractivity contribution >= 4 is 0 Å². The first-order valence-electron chi connectivity index (χ1n) is 4.83. The average molecular weight is 258 g/mol. The fourth-order valence-electron chi connectivity index (χ4n) is 2.09. The van der Waals surface area contributed by atoms with Crippen LogP contribution in [0.15, 0.2) is 0 Å². The van der Waals surface area contributed by atoms with Crippen LogP contribution in [0.2, 0.25) is 0 Å². The van der Waals surface area contributed by atoms with Gasteiger partial charge in [0.25, 0.3) is 0 Å². The molecule has 0 radical (unpaired) electrons. The third-order valence-corrected chi connectivity index (χ3v) is 3.14. The predicted molar refractivity (Wildman–Crippen MR) is 46.5 cm³/mol. The van der Waals surface area contributed by atoms with Crippen molar-refractivity contribution in [3.8, 4) is 0 Å². The number of hydrogen-bond acceptors (Lipinski definition) is 2. The zero-order chi connectivity index (χ0) is 8.60. The molecule has 70 valence electrons. The van der Waals surface area contributed by atoms with E-state index in [1.54, 1.807) is 0 Å². The SMILES string of the molecule is CC1[CH-]CC2(CC1C)OCCO2.[Y+3]. The molecule has 1 spiro atoms. The van der Waals surface area contributed by atoms with E-state index in [9.17, 15) is 0 Å². The van der Waals surface area contributed by atoms with Crippen LogP contribution in [0, 0.1) is 18.3 Å². The van der Waals surface area contributed by atoms with E-state index < -0.39 is 0 Å². The van der Waals surface area contributed by atoms with Crippen LogP contribution < -0.4 is 0 Å². The quantitative estimate of drug-likeness (QED) is 0.619. The monoisotopic (exact) mass is 258 g/mol. The van der Waals surface area contributed by atoms with E-state index in [2.05, 4.69) is 20.3 Å². The maximum Gasteiger partial charge on any atom is 3.00 e. The van der Waals surface area contributed by atoms with Gasteiger partial charge in [0.15, 0.2) is 0 Å². The molecule has 0 N–H and O–H groups in total. The van der Waals surface area contributed by atoms with E-state index in [1.165, 1.54) is 0 Å². The molecule has 1 saturated carbocycles. The second-order valence-electron chi connectivity index (χ2n) is 4.09. The fraction of sp³-hybridized carbons (Fsp3) is 0.900. The smallest absolute Gasteiger partial charge is 0.350 e. The molecule has 2 atom stereocenters. The minimum absolute atomic E-state index is 0. The van der Waals surface area contributed by atoms with Gasteiger partial charge < -0.3 is 15.9 Å². The summed E-state index contributed by atoms with van der Waals surface area (Å²) >= 11 is 0. The molecule has 3 heteroatoms. The molecule has 2 aliphatic rings. The first kappa shape index (κ1) is 12.1. The van der Waals surface area contributed by atoms with Gasteiger partial charge in [-0.05, 0) is 6.42 Å². The van der Waals surface area contributed by atoms with E-state index in [0.717, 1.165) is 26.1 Å². The van der Waals surface area contributed by atoms with Gasteiger partial charge in [-0.15, -0.1) is 6.42 Å². The molecule has 0 aromatic heterocycles. The van der Waals surface area contributed by atoms with Crippen molar-refractivity contribution < 1.29 is 42.2 Å². The Labute approximate surface area is 106 Å². The first-order valence-corrected chi connectivity index (χ1v) is 4.83.